The van der Waals surface area contributed by atoms with Crippen molar-refractivity contribution in [3.8, 4) is 0 Å². The van der Waals surface area contributed by atoms with Gasteiger partial charge >= 0.3 is 6.03 Å². The van der Waals surface area contributed by atoms with Gasteiger partial charge in [0.2, 0.25) is 0 Å². The summed E-state index contributed by atoms with van der Waals surface area (Å²) in [5, 5.41) is 6.00. The Balaban J connectivity index is 2.08. The molecule has 0 radical (unpaired) electrons. The fourth-order valence-electron chi connectivity index (χ4n) is 2.55. The molecule has 1 unspecified atom stereocenters. The standard InChI is InChI=1S/C16H24N4O2/c1-17-14-8-5-9-20(11-14)15(21)12-6-4-7-13(10-12)18-16(22)19(2)3/h4,6-7,10,14,17H,5,8-9,11H2,1-3H3,(H,18,22). The van der Waals surface area contributed by atoms with Gasteiger partial charge in [-0.15, -0.1) is 0 Å². The Morgan fingerprint density at radius 3 is 2.77 bits per heavy atom. The van der Waals surface area contributed by atoms with Crippen molar-refractivity contribution < 1.29 is 9.59 Å². The second-order valence-corrected chi connectivity index (χ2v) is 5.78. The van der Waals surface area contributed by atoms with Crippen molar-refractivity contribution in [1.29, 1.82) is 0 Å². The van der Waals surface area contributed by atoms with Crippen LogP contribution in [-0.2, 0) is 0 Å². The Morgan fingerprint density at radius 2 is 2.09 bits per heavy atom. The number of carbonyl (C=O) groups is 2. The second kappa shape index (κ2) is 7.26. The lowest BCUT2D eigenvalue weighted by Gasteiger charge is -2.32. The van der Waals surface area contributed by atoms with E-state index in [1.54, 1.807) is 38.4 Å². The average molecular weight is 304 g/mol. The van der Waals surface area contributed by atoms with Gasteiger partial charge in [-0.1, -0.05) is 6.07 Å². The first-order chi connectivity index (χ1) is 10.5. The summed E-state index contributed by atoms with van der Waals surface area (Å²) in [6, 6.07) is 7.23. The molecule has 120 valence electrons. The van der Waals surface area contributed by atoms with Gasteiger partial charge in [0.25, 0.3) is 5.91 Å². The molecular formula is C16H24N4O2. The molecule has 1 aliphatic rings. The van der Waals surface area contributed by atoms with Crippen molar-refractivity contribution in [3.63, 3.8) is 0 Å². The van der Waals surface area contributed by atoms with E-state index in [2.05, 4.69) is 10.6 Å². The normalized spacial score (nSPS) is 18.0. The van der Waals surface area contributed by atoms with Crippen LogP contribution >= 0.6 is 0 Å². The monoisotopic (exact) mass is 304 g/mol. The minimum absolute atomic E-state index is 0.0147. The van der Waals surface area contributed by atoms with E-state index < -0.39 is 0 Å². The maximum Gasteiger partial charge on any atom is 0.321 e. The van der Waals surface area contributed by atoms with Gasteiger partial charge < -0.3 is 20.4 Å². The van der Waals surface area contributed by atoms with Gasteiger partial charge in [-0.05, 0) is 38.1 Å². The molecule has 1 fully saturated rings. The topological polar surface area (TPSA) is 64.7 Å². The molecule has 22 heavy (non-hydrogen) atoms. The predicted molar refractivity (Wildman–Crippen MR) is 87.1 cm³/mol. The molecular weight excluding hydrogens is 280 g/mol. The highest BCUT2D eigenvalue weighted by atomic mass is 16.2. The number of piperidine rings is 1. The maximum atomic E-state index is 12.6. The highest BCUT2D eigenvalue weighted by Crippen LogP contribution is 2.17. The molecule has 0 saturated carbocycles. The van der Waals surface area contributed by atoms with Crippen molar-refractivity contribution in [1.82, 2.24) is 15.1 Å². The first kappa shape index (κ1) is 16.3. The van der Waals surface area contributed by atoms with Gasteiger partial charge in [-0.2, -0.15) is 0 Å². The summed E-state index contributed by atoms with van der Waals surface area (Å²) in [4.78, 5) is 27.6. The van der Waals surface area contributed by atoms with Gasteiger partial charge in [-0.3, -0.25) is 4.79 Å². The number of likely N-dealkylation sites (N-methyl/N-ethyl adjacent to an activating group) is 1. The molecule has 6 heteroatoms. The molecule has 1 aromatic rings. The number of anilines is 1. The number of rotatable bonds is 3. The van der Waals surface area contributed by atoms with Crippen LogP contribution in [-0.4, -0.2) is 62.0 Å². The molecule has 6 nitrogen and oxygen atoms in total. The zero-order valence-electron chi connectivity index (χ0n) is 13.4. The third-order valence-electron chi connectivity index (χ3n) is 3.88. The van der Waals surface area contributed by atoms with Crippen LogP contribution in [0.2, 0.25) is 0 Å². The van der Waals surface area contributed by atoms with Crippen molar-refractivity contribution in [3.05, 3.63) is 29.8 Å². The second-order valence-electron chi connectivity index (χ2n) is 5.78. The molecule has 0 aliphatic carbocycles. The zero-order valence-corrected chi connectivity index (χ0v) is 13.4. The molecule has 1 heterocycles. The molecule has 0 spiro atoms. The van der Waals surface area contributed by atoms with Crippen molar-refractivity contribution in [2.24, 2.45) is 0 Å². The Bertz CT molecular complexity index is 545. The number of nitrogens with one attached hydrogen (secondary N) is 2. The number of urea groups is 1. The maximum absolute atomic E-state index is 12.6. The van der Waals surface area contributed by atoms with Crippen molar-refractivity contribution in [2.75, 3.05) is 39.5 Å². The quantitative estimate of drug-likeness (QED) is 0.891. The third-order valence-corrected chi connectivity index (χ3v) is 3.88. The van der Waals surface area contributed by atoms with Gasteiger partial charge in [0.1, 0.15) is 0 Å². The first-order valence-corrected chi connectivity index (χ1v) is 7.56. The number of hydrogen-bond donors (Lipinski definition) is 2. The summed E-state index contributed by atoms with van der Waals surface area (Å²) in [5.41, 5.74) is 1.24. The molecule has 1 atom stereocenters. The Kier molecular flexibility index (Phi) is 5.38. The van der Waals surface area contributed by atoms with E-state index in [9.17, 15) is 9.59 Å². The fourth-order valence-corrected chi connectivity index (χ4v) is 2.55. The molecule has 1 aliphatic heterocycles. The summed E-state index contributed by atoms with van der Waals surface area (Å²) < 4.78 is 0. The van der Waals surface area contributed by atoms with Crippen molar-refractivity contribution >= 4 is 17.6 Å². The Labute approximate surface area is 131 Å². The lowest BCUT2D eigenvalue weighted by molar-refractivity contribution is 0.0698. The number of benzene rings is 1. The van der Waals surface area contributed by atoms with E-state index >= 15 is 0 Å². The van der Waals surface area contributed by atoms with E-state index in [1.165, 1.54) is 4.90 Å². The Morgan fingerprint density at radius 1 is 1.32 bits per heavy atom. The van der Waals surface area contributed by atoms with Crippen LogP contribution in [0.5, 0.6) is 0 Å². The average Bonchev–Trinajstić information content (AvgIpc) is 2.54. The SMILES string of the molecule is CNC1CCCN(C(=O)c2cccc(NC(=O)N(C)C)c2)C1. The van der Waals surface area contributed by atoms with Gasteiger partial charge in [0.05, 0.1) is 0 Å². The fraction of sp³-hybridized carbons (Fsp3) is 0.500. The van der Waals surface area contributed by atoms with Crippen molar-refractivity contribution in [2.45, 2.75) is 18.9 Å². The number of likely N-dealkylation sites (tertiary alicyclic amines) is 1. The van der Waals surface area contributed by atoms with Crippen LogP contribution in [0.4, 0.5) is 10.5 Å². The molecule has 1 saturated heterocycles. The smallest absolute Gasteiger partial charge is 0.321 e. The predicted octanol–water partition coefficient (Wildman–Crippen LogP) is 1.60. The number of nitrogens with zero attached hydrogens (tertiary/aromatic N) is 2. The molecule has 0 bridgehead atoms. The highest BCUT2D eigenvalue weighted by Gasteiger charge is 2.23. The number of carbonyl (C=O) groups excluding carboxylic acids is 2. The molecule has 2 N–H and O–H groups in total. The first-order valence-electron chi connectivity index (χ1n) is 7.56. The number of amides is 3. The van der Waals surface area contributed by atoms with Crippen LogP contribution < -0.4 is 10.6 Å². The van der Waals surface area contributed by atoms with Crippen LogP contribution in [0.3, 0.4) is 0 Å². The molecule has 3 amide bonds. The van der Waals surface area contributed by atoms with Gasteiger partial charge in [0, 0.05) is 44.5 Å². The van der Waals surface area contributed by atoms with E-state index in [-0.39, 0.29) is 11.9 Å². The third kappa shape index (κ3) is 3.98. The largest absolute Gasteiger partial charge is 0.337 e. The van der Waals surface area contributed by atoms with Crippen LogP contribution in [0, 0.1) is 0 Å². The van der Waals surface area contributed by atoms with E-state index in [0.29, 0.717) is 17.3 Å². The summed E-state index contributed by atoms with van der Waals surface area (Å²) in [6.45, 7) is 1.51. The van der Waals surface area contributed by atoms with Gasteiger partial charge in [0.15, 0.2) is 0 Å². The lowest BCUT2D eigenvalue weighted by atomic mass is 10.0. The van der Waals surface area contributed by atoms with Crippen LogP contribution in [0.1, 0.15) is 23.2 Å². The minimum Gasteiger partial charge on any atom is -0.337 e. The van der Waals surface area contributed by atoms with Gasteiger partial charge in [-0.25, -0.2) is 4.79 Å². The summed E-state index contributed by atoms with van der Waals surface area (Å²) >= 11 is 0. The van der Waals surface area contributed by atoms with Crippen LogP contribution in [0.15, 0.2) is 24.3 Å². The lowest BCUT2D eigenvalue weighted by Crippen LogP contribution is -2.46. The van der Waals surface area contributed by atoms with Crippen LogP contribution in [0.25, 0.3) is 0 Å². The highest BCUT2D eigenvalue weighted by molar-refractivity contribution is 5.96. The number of hydrogen-bond acceptors (Lipinski definition) is 3. The summed E-state index contributed by atoms with van der Waals surface area (Å²) in [6.07, 6.45) is 2.10. The molecule has 1 aromatic carbocycles. The van der Waals surface area contributed by atoms with E-state index in [4.69, 9.17) is 0 Å². The summed E-state index contributed by atoms with van der Waals surface area (Å²) in [7, 11) is 5.28. The zero-order chi connectivity index (χ0) is 16.1. The Hall–Kier alpha value is -2.08. The minimum atomic E-state index is -0.210. The molecule has 0 aromatic heterocycles. The summed E-state index contributed by atoms with van der Waals surface area (Å²) in [5.74, 6) is 0.0147. The molecule has 2 rings (SSSR count). The van der Waals surface area contributed by atoms with E-state index in [1.807, 2.05) is 11.9 Å². The van der Waals surface area contributed by atoms with E-state index in [0.717, 1.165) is 25.9 Å².